The third-order valence-corrected chi connectivity index (χ3v) is 8.93. The molecule has 0 fully saturated rings. The van der Waals surface area contributed by atoms with Crippen LogP contribution in [0.5, 0.6) is 0 Å². The second-order valence-corrected chi connectivity index (χ2v) is 11.9. The normalized spacial score (nSPS) is 12.5. The van der Waals surface area contributed by atoms with Gasteiger partial charge in [-0.3, -0.25) is 0 Å². The number of ether oxygens (including phenoxy) is 1. The number of rotatable bonds is 7. The summed E-state index contributed by atoms with van der Waals surface area (Å²) in [6, 6.07) is 0. The van der Waals surface area contributed by atoms with E-state index < -0.39 is 19.9 Å². The first-order chi connectivity index (χ1) is 10.5. The minimum atomic E-state index is -1.77. The van der Waals surface area contributed by atoms with Crippen LogP contribution in [0.3, 0.4) is 0 Å². The first-order valence-corrected chi connectivity index (χ1v) is 10.9. The zero-order chi connectivity index (χ0) is 17.8. The van der Waals surface area contributed by atoms with Gasteiger partial charge in [0.1, 0.15) is 0 Å². The smallest absolute Gasteiger partial charge is 0.372 e. The van der Waals surface area contributed by atoms with E-state index in [0.717, 1.165) is 0 Å². The summed E-state index contributed by atoms with van der Waals surface area (Å²) < 4.78 is 17.5. The molecular formula is C16H29NO5Si. The largest absolute Gasteiger partial charge is 0.462 e. The van der Waals surface area contributed by atoms with E-state index in [-0.39, 0.29) is 17.2 Å². The Kier molecular flexibility index (Phi) is 6.41. The molecule has 0 spiro atoms. The van der Waals surface area contributed by atoms with Gasteiger partial charge in [0.05, 0.1) is 18.8 Å². The van der Waals surface area contributed by atoms with Crippen LogP contribution in [0.4, 0.5) is 0 Å². The number of hydrogen-bond donors (Lipinski definition) is 0. The van der Waals surface area contributed by atoms with Crippen LogP contribution < -0.4 is 5.63 Å². The van der Waals surface area contributed by atoms with Crippen molar-refractivity contribution >= 4 is 14.3 Å². The molecule has 1 rings (SSSR count). The minimum Gasteiger partial charge on any atom is -0.462 e. The number of aromatic nitrogens is 1. The van der Waals surface area contributed by atoms with Crippen molar-refractivity contribution in [3.63, 3.8) is 0 Å². The molecule has 23 heavy (non-hydrogen) atoms. The Balaban J connectivity index is 2.65. The maximum absolute atomic E-state index is 11.8. The minimum absolute atomic E-state index is 0.0165. The maximum atomic E-state index is 11.8. The van der Waals surface area contributed by atoms with Crippen molar-refractivity contribution in [1.29, 1.82) is 0 Å². The van der Waals surface area contributed by atoms with Gasteiger partial charge in [0.2, 0.25) is 0 Å². The predicted octanol–water partition coefficient (Wildman–Crippen LogP) is 3.34. The van der Waals surface area contributed by atoms with Gasteiger partial charge in [-0.05, 0) is 38.4 Å². The van der Waals surface area contributed by atoms with Gasteiger partial charge in [-0.2, -0.15) is 0 Å². The van der Waals surface area contributed by atoms with Crippen molar-refractivity contribution in [1.82, 2.24) is 4.74 Å². The number of esters is 1. The first-order valence-electron chi connectivity index (χ1n) is 8.03. The number of aryl methyl sites for hydroxylation is 1. The molecule has 1 heterocycles. The zero-order valence-electron chi connectivity index (χ0n) is 15.3. The van der Waals surface area contributed by atoms with Crippen LogP contribution in [0.1, 0.15) is 50.2 Å². The lowest BCUT2D eigenvalue weighted by Crippen LogP contribution is -2.41. The summed E-state index contributed by atoms with van der Waals surface area (Å²) in [5.74, 6) is -0.630. The maximum Gasteiger partial charge on any atom is 0.372 e. The molecule has 0 aromatic carbocycles. The molecule has 7 heteroatoms. The van der Waals surface area contributed by atoms with Crippen LogP contribution in [0, 0.1) is 6.92 Å². The molecule has 1 aromatic rings. The number of hydrogen-bond acceptors (Lipinski definition) is 5. The van der Waals surface area contributed by atoms with E-state index in [4.69, 9.17) is 13.7 Å². The summed E-state index contributed by atoms with van der Waals surface area (Å²) in [6.45, 7) is 15.7. The lowest BCUT2D eigenvalue weighted by atomic mass is 10.2. The molecule has 0 aliphatic rings. The predicted molar refractivity (Wildman–Crippen MR) is 91.4 cm³/mol. The second-order valence-electron chi connectivity index (χ2n) is 7.12. The molecule has 0 bridgehead atoms. The van der Waals surface area contributed by atoms with Crippen molar-refractivity contribution < 1.29 is 18.5 Å². The lowest BCUT2D eigenvalue weighted by Gasteiger charge is -2.36. The van der Waals surface area contributed by atoms with Crippen molar-refractivity contribution in [2.75, 3.05) is 13.2 Å². The Morgan fingerprint density at radius 1 is 1.30 bits per heavy atom. The lowest BCUT2D eigenvalue weighted by molar-refractivity contribution is 0.0523. The average Bonchev–Trinajstić information content (AvgIpc) is 2.68. The van der Waals surface area contributed by atoms with E-state index in [1.807, 2.05) is 0 Å². The van der Waals surface area contributed by atoms with Crippen LogP contribution >= 0.6 is 0 Å². The van der Waals surface area contributed by atoms with Crippen LogP contribution in [0.25, 0.3) is 0 Å². The van der Waals surface area contributed by atoms with Crippen LogP contribution in [-0.4, -0.2) is 32.2 Å². The van der Waals surface area contributed by atoms with Crippen molar-refractivity contribution in [2.24, 2.45) is 0 Å². The molecule has 0 saturated carbocycles. The van der Waals surface area contributed by atoms with Crippen molar-refractivity contribution in [2.45, 2.75) is 65.7 Å². The average molecular weight is 343 g/mol. The van der Waals surface area contributed by atoms with E-state index in [9.17, 15) is 9.59 Å². The van der Waals surface area contributed by atoms with Crippen LogP contribution in [0.2, 0.25) is 18.1 Å². The number of nitrogens with zero attached hydrogens (tertiary/aromatic N) is 1. The van der Waals surface area contributed by atoms with Gasteiger partial charge < -0.3 is 13.7 Å². The SMILES string of the molecule is CCOC(=O)c1c(C)n(CCCO[Si](C)(C)C(C)(C)C)oc1=O. The Morgan fingerprint density at radius 3 is 2.43 bits per heavy atom. The highest BCUT2D eigenvalue weighted by Crippen LogP contribution is 2.36. The monoisotopic (exact) mass is 343 g/mol. The fraction of sp³-hybridized carbons (Fsp3) is 0.750. The highest BCUT2D eigenvalue weighted by Gasteiger charge is 2.36. The first kappa shape index (κ1) is 19.7. The molecule has 0 N–H and O–H groups in total. The van der Waals surface area contributed by atoms with E-state index in [2.05, 4.69) is 33.9 Å². The molecule has 1 aromatic heterocycles. The quantitative estimate of drug-likeness (QED) is 0.431. The Hall–Kier alpha value is -1.34. The van der Waals surface area contributed by atoms with Crippen molar-refractivity contribution in [3.8, 4) is 0 Å². The summed E-state index contributed by atoms with van der Waals surface area (Å²) in [5.41, 5.74) is -0.163. The van der Waals surface area contributed by atoms with Crippen LogP contribution in [-0.2, 0) is 15.7 Å². The van der Waals surface area contributed by atoms with Gasteiger partial charge in [-0.1, -0.05) is 20.8 Å². The fourth-order valence-corrected chi connectivity index (χ4v) is 2.97. The second kappa shape index (κ2) is 7.48. The molecule has 0 amide bonds. The molecule has 0 aliphatic carbocycles. The molecule has 0 atom stereocenters. The van der Waals surface area contributed by atoms with Gasteiger partial charge in [-0.15, -0.1) is 0 Å². The summed E-state index contributed by atoms with van der Waals surface area (Å²) in [7, 11) is -1.77. The Bertz CT molecular complexity index is 595. The Labute approximate surface area is 138 Å². The Morgan fingerprint density at radius 2 is 1.91 bits per heavy atom. The molecule has 0 radical (unpaired) electrons. The fourth-order valence-electron chi connectivity index (χ4n) is 1.89. The van der Waals surface area contributed by atoms with E-state index in [1.54, 1.807) is 13.8 Å². The molecule has 0 saturated heterocycles. The summed E-state index contributed by atoms with van der Waals surface area (Å²) in [4.78, 5) is 23.5. The van der Waals surface area contributed by atoms with Gasteiger partial charge in [0, 0.05) is 6.61 Å². The van der Waals surface area contributed by atoms with Crippen LogP contribution in [0.15, 0.2) is 9.32 Å². The summed E-state index contributed by atoms with van der Waals surface area (Å²) in [5, 5.41) is 0.167. The number of carbonyl (C=O) groups excluding carboxylic acids is 1. The standard InChI is InChI=1S/C16H29NO5Si/c1-8-20-14(18)13-12(2)17(22-15(13)19)10-9-11-21-23(6,7)16(3,4)5/h8-11H2,1-7H3. The topological polar surface area (TPSA) is 70.7 Å². The summed E-state index contributed by atoms with van der Waals surface area (Å²) >= 11 is 0. The molecule has 0 unspecified atom stereocenters. The van der Waals surface area contributed by atoms with Gasteiger partial charge in [0.15, 0.2) is 13.9 Å². The van der Waals surface area contributed by atoms with Gasteiger partial charge in [0.25, 0.3) is 0 Å². The summed E-state index contributed by atoms with van der Waals surface area (Å²) in [6.07, 6.45) is 0.716. The highest BCUT2D eigenvalue weighted by molar-refractivity contribution is 6.74. The molecule has 6 nitrogen and oxygen atoms in total. The van der Waals surface area contributed by atoms with E-state index in [1.165, 1.54) is 4.74 Å². The third-order valence-electron chi connectivity index (χ3n) is 4.39. The van der Waals surface area contributed by atoms with Gasteiger partial charge in [-0.25, -0.2) is 14.3 Å². The number of carbonyl (C=O) groups is 1. The molecule has 132 valence electrons. The van der Waals surface area contributed by atoms with E-state index >= 15 is 0 Å². The highest BCUT2D eigenvalue weighted by atomic mass is 28.4. The molecular weight excluding hydrogens is 314 g/mol. The third kappa shape index (κ3) is 4.81. The van der Waals surface area contributed by atoms with Gasteiger partial charge >= 0.3 is 11.6 Å². The molecule has 0 aliphatic heterocycles. The zero-order valence-corrected chi connectivity index (χ0v) is 16.3. The van der Waals surface area contributed by atoms with E-state index in [0.29, 0.717) is 25.3 Å². The van der Waals surface area contributed by atoms with Crippen molar-refractivity contribution in [3.05, 3.63) is 21.7 Å².